The van der Waals surface area contributed by atoms with Crippen LogP contribution in [0.4, 0.5) is 0 Å². The molecule has 0 saturated heterocycles. The van der Waals surface area contributed by atoms with Crippen LogP contribution >= 0.6 is 27.5 Å². The monoisotopic (exact) mass is 244 g/mol. The van der Waals surface area contributed by atoms with E-state index >= 15 is 0 Å². The Morgan fingerprint density at radius 3 is 2.75 bits per heavy atom. The minimum absolute atomic E-state index is 0.346. The van der Waals surface area contributed by atoms with Crippen molar-refractivity contribution in [2.24, 2.45) is 5.73 Å². The first kappa shape index (κ1) is 9.53. The van der Waals surface area contributed by atoms with Gasteiger partial charge in [-0.05, 0) is 27.6 Å². The van der Waals surface area contributed by atoms with Crippen molar-refractivity contribution in [3.63, 3.8) is 0 Å². The first-order valence-corrected chi connectivity index (χ1v) is 4.45. The number of rotatable bonds is 1. The summed E-state index contributed by atoms with van der Waals surface area (Å²) in [4.78, 5) is 0. The summed E-state index contributed by atoms with van der Waals surface area (Å²) < 4.78 is 0.620. The predicted molar refractivity (Wildman–Crippen MR) is 51.8 cm³/mol. The molecule has 2 nitrogen and oxygen atoms in total. The topological polar surface area (TPSA) is 49.8 Å². The number of nitrogens with two attached hydrogens (primary N) is 1. The molecule has 0 aliphatic carbocycles. The summed E-state index contributed by atoms with van der Waals surface area (Å²) in [5, 5.41) is 9.29. The molecule has 0 radical (unpaired) electrons. The van der Waals surface area contributed by atoms with Gasteiger partial charge in [0.05, 0.1) is 15.1 Å². The van der Waals surface area contributed by atoms with Gasteiger partial charge in [-0.15, -0.1) is 0 Å². The van der Waals surface area contributed by atoms with Crippen molar-refractivity contribution in [2.45, 2.75) is 6.54 Å². The molecule has 62 valence electrons. The highest BCUT2D eigenvalue weighted by molar-refractivity contribution is 9.10. The number of hydrogen-bond donors (Lipinski definition) is 1. The lowest BCUT2D eigenvalue weighted by molar-refractivity contribution is 1.06. The van der Waals surface area contributed by atoms with E-state index in [-0.39, 0.29) is 0 Å². The normalized spacial score (nSPS) is 9.50. The average Bonchev–Trinajstić information content (AvgIpc) is 2.09. The Balaban J connectivity index is 3.38. The van der Waals surface area contributed by atoms with Crippen LogP contribution in [-0.4, -0.2) is 0 Å². The molecule has 0 bridgehead atoms. The predicted octanol–water partition coefficient (Wildman–Crippen LogP) is 2.43. The molecule has 0 amide bonds. The van der Waals surface area contributed by atoms with Gasteiger partial charge in [-0.1, -0.05) is 17.7 Å². The minimum Gasteiger partial charge on any atom is -0.326 e. The average molecular weight is 246 g/mol. The second-order valence-electron chi connectivity index (χ2n) is 2.21. The summed E-state index contributed by atoms with van der Waals surface area (Å²) in [5.74, 6) is 0. The molecule has 1 aromatic rings. The molecule has 2 N–H and O–H groups in total. The van der Waals surface area contributed by atoms with E-state index in [4.69, 9.17) is 22.6 Å². The zero-order valence-electron chi connectivity index (χ0n) is 6.14. The Hall–Kier alpha value is -0.560. The van der Waals surface area contributed by atoms with Gasteiger partial charge in [0.2, 0.25) is 0 Å². The third kappa shape index (κ3) is 1.61. The SMILES string of the molecule is N#Cc1c(CN)ccc(Cl)c1Br. The highest BCUT2D eigenvalue weighted by atomic mass is 79.9. The van der Waals surface area contributed by atoms with Crippen molar-refractivity contribution in [3.05, 3.63) is 32.8 Å². The summed E-state index contributed by atoms with van der Waals surface area (Å²) in [6.45, 7) is 0.346. The van der Waals surface area contributed by atoms with Crippen molar-refractivity contribution in [2.75, 3.05) is 0 Å². The summed E-state index contributed by atoms with van der Waals surface area (Å²) in [7, 11) is 0. The van der Waals surface area contributed by atoms with Gasteiger partial charge < -0.3 is 5.73 Å². The summed E-state index contributed by atoms with van der Waals surface area (Å²) in [6.07, 6.45) is 0. The van der Waals surface area contributed by atoms with Gasteiger partial charge in [-0.25, -0.2) is 0 Å². The van der Waals surface area contributed by atoms with Crippen molar-refractivity contribution in [1.82, 2.24) is 0 Å². The number of benzene rings is 1. The van der Waals surface area contributed by atoms with Crippen molar-refractivity contribution >= 4 is 27.5 Å². The van der Waals surface area contributed by atoms with Crippen LogP contribution in [0.3, 0.4) is 0 Å². The maximum Gasteiger partial charge on any atom is 0.101 e. The van der Waals surface area contributed by atoms with Crippen molar-refractivity contribution in [3.8, 4) is 6.07 Å². The van der Waals surface area contributed by atoms with Gasteiger partial charge in [0.1, 0.15) is 6.07 Å². The summed E-state index contributed by atoms with van der Waals surface area (Å²) in [6, 6.07) is 5.52. The molecule has 4 heteroatoms. The maximum atomic E-state index is 8.76. The molecule has 1 aromatic carbocycles. The zero-order chi connectivity index (χ0) is 9.14. The van der Waals surface area contributed by atoms with E-state index in [1.54, 1.807) is 12.1 Å². The quantitative estimate of drug-likeness (QED) is 0.826. The third-order valence-electron chi connectivity index (χ3n) is 1.51. The second-order valence-corrected chi connectivity index (χ2v) is 3.41. The van der Waals surface area contributed by atoms with Gasteiger partial charge in [0.25, 0.3) is 0 Å². The Morgan fingerprint density at radius 1 is 1.58 bits per heavy atom. The second kappa shape index (κ2) is 3.90. The van der Waals surface area contributed by atoms with Crippen LogP contribution in [0.1, 0.15) is 11.1 Å². The first-order chi connectivity index (χ1) is 5.70. The van der Waals surface area contributed by atoms with Gasteiger partial charge in [-0.2, -0.15) is 5.26 Å². The van der Waals surface area contributed by atoms with Crippen molar-refractivity contribution in [1.29, 1.82) is 5.26 Å². The number of nitriles is 1. The maximum absolute atomic E-state index is 8.76. The van der Waals surface area contributed by atoms with Crippen LogP contribution in [-0.2, 0) is 6.54 Å². The minimum atomic E-state index is 0.346. The fourth-order valence-corrected chi connectivity index (χ4v) is 1.51. The Morgan fingerprint density at radius 2 is 2.25 bits per heavy atom. The molecule has 12 heavy (non-hydrogen) atoms. The zero-order valence-corrected chi connectivity index (χ0v) is 8.48. The molecule has 0 fully saturated rings. The van der Waals surface area contributed by atoms with Gasteiger partial charge in [0, 0.05) is 6.54 Å². The highest BCUT2D eigenvalue weighted by Crippen LogP contribution is 2.28. The van der Waals surface area contributed by atoms with Gasteiger partial charge >= 0.3 is 0 Å². The van der Waals surface area contributed by atoms with Gasteiger partial charge in [-0.3, -0.25) is 0 Å². The van der Waals surface area contributed by atoms with E-state index in [2.05, 4.69) is 15.9 Å². The molecule has 0 aliphatic heterocycles. The number of hydrogen-bond acceptors (Lipinski definition) is 2. The fourth-order valence-electron chi connectivity index (χ4n) is 0.882. The molecule has 0 saturated carbocycles. The Labute approximate surface area is 84.1 Å². The molecular formula is C8H6BrClN2. The largest absolute Gasteiger partial charge is 0.326 e. The van der Waals surface area contributed by atoms with Crippen LogP contribution in [0.25, 0.3) is 0 Å². The molecule has 0 spiro atoms. The van der Waals surface area contributed by atoms with E-state index < -0.39 is 0 Å². The lowest BCUT2D eigenvalue weighted by Crippen LogP contribution is -1.99. The highest BCUT2D eigenvalue weighted by Gasteiger charge is 2.07. The van der Waals surface area contributed by atoms with E-state index in [0.717, 1.165) is 5.56 Å². The lowest BCUT2D eigenvalue weighted by Gasteiger charge is -2.03. The fraction of sp³-hybridized carbons (Fsp3) is 0.125. The molecule has 0 atom stereocenters. The Kier molecular flexibility index (Phi) is 3.10. The summed E-state index contributed by atoms with van der Waals surface area (Å²) in [5.41, 5.74) is 6.75. The molecule has 0 heterocycles. The van der Waals surface area contributed by atoms with Crippen molar-refractivity contribution < 1.29 is 0 Å². The first-order valence-electron chi connectivity index (χ1n) is 3.27. The number of nitrogens with zero attached hydrogens (tertiary/aromatic N) is 1. The van der Waals surface area contributed by atoms with Crippen LogP contribution in [0.5, 0.6) is 0 Å². The van der Waals surface area contributed by atoms with Crippen LogP contribution in [0.2, 0.25) is 5.02 Å². The van der Waals surface area contributed by atoms with Gasteiger partial charge in [0.15, 0.2) is 0 Å². The number of halogens is 2. The molecular weight excluding hydrogens is 239 g/mol. The van der Waals surface area contributed by atoms with E-state index in [1.165, 1.54) is 0 Å². The smallest absolute Gasteiger partial charge is 0.101 e. The molecule has 0 unspecified atom stereocenters. The standard InChI is InChI=1S/C8H6BrClN2/c9-8-6(4-12)5(3-11)1-2-7(8)10/h1-2H,3,11H2. The van der Waals surface area contributed by atoms with E-state index in [9.17, 15) is 0 Å². The molecule has 0 aromatic heterocycles. The lowest BCUT2D eigenvalue weighted by atomic mass is 10.1. The third-order valence-corrected chi connectivity index (χ3v) is 2.88. The summed E-state index contributed by atoms with van der Waals surface area (Å²) >= 11 is 9.00. The van der Waals surface area contributed by atoms with E-state index in [1.807, 2.05) is 6.07 Å². The molecule has 1 rings (SSSR count). The van der Waals surface area contributed by atoms with Crippen LogP contribution in [0.15, 0.2) is 16.6 Å². The van der Waals surface area contributed by atoms with Crippen LogP contribution < -0.4 is 5.73 Å². The molecule has 0 aliphatic rings. The van der Waals surface area contributed by atoms with Crippen LogP contribution in [0, 0.1) is 11.3 Å². The van der Waals surface area contributed by atoms with E-state index in [0.29, 0.717) is 21.6 Å². The Bertz CT molecular complexity index is 344.